The van der Waals surface area contributed by atoms with E-state index in [-0.39, 0.29) is 29.9 Å². The number of carbonyl (C=O) groups excluding carboxylic acids is 1. The molecule has 158 valence electrons. The van der Waals surface area contributed by atoms with E-state index in [2.05, 4.69) is 27.1 Å². The minimum Gasteiger partial charge on any atom is -0.350 e. The van der Waals surface area contributed by atoms with Crippen molar-refractivity contribution < 1.29 is 4.79 Å². The van der Waals surface area contributed by atoms with Crippen LogP contribution in [0, 0.1) is 13.8 Å². The molecule has 9 heteroatoms. The number of nitrogens with zero attached hydrogens (tertiary/aromatic N) is 4. The largest absolute Gasteiger partial charge is 0.350 e. The van der Waals surface area contributed by atoms with Crippen LogP contribution in [0.4, 0.5) is 0 Å². The molecule has 2 aromatic rings. The fourth-order valence-corrected chi connectivity index (χ4v) is 4.29. The van der Waals surface area contributed by atoms with Crippen molar-refractivity contribution in [1.82, 2.24) is 20.1 Å². The van der Waals surface area contributed by atoms with E-state index in [1.54, 1.807) is 18.4 Å². The lowest BCUT2D eigenvalue weighted by atomic mass is 10.1. The number of aliphatic imine (C=N–C) groups is 1. The van der Waals surface area contributed by atoms with Crippen molar-refractivity contribution in [3.63, 3.8) is 0 Å². The first-order valence-corrected chi connectivity index (χ1v) is 10.6. The minimum atomic E-state index is 0. The third-order valence-corrected chi connectivity index (χ3v) is 6.17. The molecule has 1 amide bonds. The summed E-state index contributed by atoms with van der Waals surface area (Å²) in [6.45, 7) is 7.69. The number of aryl methyl sites for hydroxylation is 2. The molecule has 3 rings (SSSR count). The number of hydrogen-bond acceptors (Lipinski definition) is 4. The van der Waals surface area contributed by atoms with E-state index < -0.39 is 0 Å². The fraction of sp³-hybridized carbons (Fsp3) is 0.450. The average molecular weight is 548 g/mol. The summed E-state index contributed by atoms with van der Waals surface area (Å²) in [6.07, 6.45) is 0.385. The molecule has 2 heterocycles. The topological polar surface area (TPSA) is 60.8 Å². The zero-order valence-electron chi connectivity index (χ0n) is 16.9. The molecule has 1 aromatic heterocycles. The molecular weight excluding hydrogens is 521 g/mol. The highest BCUT2D eigenvalue weighted by atomic mass is 127. The Hall–Kier alpha value is -1.39. The van der Waals surface area contributed by atoms with Gasteiger partial charge in [0.05, 0.1) is 18.7 Å². The molecule has 1 aliphatic rings. The van der Waals surface area contributed by atoms with Gasteiger partial charge in [0.1, 0.15) is 5.01 Å². The van der Waals surface area contributed by atoms with E-state index in [0.717, 1.165) is 35.3 Å². The van der Waals surface area contributed by atoms with Gasteiger partial charge in [0.2, 0.25) is 5.91 Å². The standard InChI is InChI=1S/C20H26ClN5OS.HI/c1-14-15(2)28-18(24-14)13-23-20(22-3)26-9-7-25(8-10-26)19(27)12-16-5-4-6-17(21)11-16;/h4-6,11H,7-10,12-13H2,1-3H3,(H,22,23);1H. The lowest BCUT2D eigenvalue weighted by Gasteiger charge is -2.36. The van der Waals surface area contributed by atoms with Crippen LogP contribution in [-0.4, -0.2) is 59.9 Å². The van der Waals surface area contributed by atoms with Gasteiger partial charge in [-0.3, -0.25) is 9.79 Å². The van der Waals surface area contributed by atoms with Gasteiger partial charge in [0.25, 0.3) is 0 Å². The van der Waals surface area contributed by atoms with Crippen LogP contribution >= 0.6 is 46.9 Å². The predicted molar refractivity (Wildman–Crippen MR) is 131 cm³/mol. The van der Waals surface area contributed by atoms with Gasteiger partial charge in [-0.15, -0.1) is 35.3 Å². The zero-order chi connectivity index (χ0) is 20.1. The number of aromatic nitrogens is 1. The maximum atomic E-state index is 12.6. The van der Waals surface area contributed by atoms with E-state index in [9.17, 15) is 4.79 Å². The first-order valence-electron chi connectivity index (χ1n) is 9.37. The summed E-state index contributed by atoms with van der Waals surface area (Å²) >= 11 is 7.72. The molecule has 1 N–H and O–H groups in total. The van der Waals surface area contributed by atoms with Crippen molar-refractivity contribution in [1.29, 1.82) is 0 Å². The van der Waals surface area contributed by atoms with Gasteiger partial charge < -0.3 is 15.1 Å². The summed E-state index contributed by atoms with van der Waals surface area (Å²) in [5.41, 5.74) is 2.04. The van der Waals surface area contributed by atoms with Gasteiger partial charge in [0.15, 0.2) is 5.96 Å². The van der Waals surface area contributed by atoms with Crippen LogP contribution in [-0.2, 0) is 17.8 Å². The van der Waals surface area contributed by atoms with E-state index in [4.69, 9.17) is 11.6 Å². The van der Waals surface area contributed by atoms with Crippen LogP contribution in [0.2, 0.25) is 5.02 Å². The van der Waals surface area contributed by atoms with Gasteiger partial charge in [-0.1, -0.05) is 23.7 Å². The third kappa shape index (κ3) is 6.55. The number of rotatable bonds is 4. The number of amides is 1. The molecule has 0 unspecified atom stereocenters. The molecule has 0 spiro atoms. The molecule has 1 aliphatic heterocycles. The molecule has 1 aromatic carbocycles. The Morgan fingerprint density at radius 3 is 2.52 bits per heavy atom. The first kappa shape index (κ1) is 23.9. The highest BCUT2D eigenvalue weighted by Crippen LogP contribution is 2.16. The second-order valence-corrected chi connectivity index (χ2v) is 8.55. The Kier molecular flexibility index (Phi) is 9.16. The van der Waals surface area contributed by atoms with Crippen molar-refractivity contribution >= 4 is 58.8 Å². The van der Waals surface area contributed by atoms with Crippen LogP contribution in [0.15, 0.2) is 29.3 Å². The van der Waals surface area contributed by atoms with Crippen molar-refractivity contribution in [2.45, 2.75) is 26.8 Å². The Morgan fingerprint density at radius 2 is 1.93 bits per heavy atom. The smallest absolute Gasteiger partial charge is 0.227 e. The monoisotopic (exact) mass is 547 g/mol. The van der Waals surface area contributed by atoms with Crippen molar-refractivity contribution in [3.05, 3.63) is 50.4 Å². The Labute approximate surface area is 198 Å². The molecule has 0 aliphatic carbocycles. The average Bonchev–Trinajstić information content (AvgIpc) is 3.00. The third-order valence-electron chi connectivity index (χ3n) is 4.86. The second-order valence-electron chi connectivity index (χ2n) is 6.82. The maximum Gasteiger partial charge on any atom is 0.227 e. The molecule has 1 saturated heterocycles. The summed E-state index contributed by atoms with van der Waals surface area (Å²) in [6, 6.07) is 7.49. The maximum absolute atomic E-state index is 12.6. The highest BCUT2D eigenvalue weighted by molar-refractivity contribution is 14.0. The second kappa shape index (κ2) is 11.1. The van der Waals surface area contributed by atoms with Crippen LogP contribution in [0.5, 0.6) is 0 Å². The number of piperazine rings is 1. The number of thiazole rings is 1. The quantitative estimate of drug-likeness (QED) is 0.362. The summed E-state index contributed by atoms with van der Waals surface area (Å²) in [7, 11) is 1.79. The van der Waals surface area contributed by atoms with Crippen LogP contribution in [0.3, 0.4) is 0 Å². The number of nitrogens with one attached hydrogen (secondary N) is 1. The van der Waals surface area contributed by atoms with E-state index >= 15 is 0 Å². The summed E-state index contributed by atoms with van der Waals surface area (Å²) in [5, 5.41) is 5.12. The van der Waals surface area contributed by atoms with Crippen LogP contribution < -0.4 is 5.32 Å². The molecule has 29 heavy (non-hydrogen) atoms. The number of hydrogen-bond donors (Lipinski definition) is 1. The van der Waals surface area contributed by atoms with Gasteiger partial charge in [-0.2, -0.15) is 0 Å². The number of benzene rings is 1. The van der Waals surface area contributed by atoms with E-state index in [0.29, 0.717) is 31.1 Å². The van der Waals surface area contributed by atoms with Gasteiger partial charge >= 0.3 is 0 Å². The van der Waals surface area contributed by atoms with Crippen LogP contribution in [0.1, 0.15) is 21.1 Å². The highest BCUT2D eigenvalue weighted by Gasteiger charge is 2.23. The van der Waals surface area contributed by atoms with E-state index in [1.165, 1.54) is 4.88 Å². The molecule has 1 fully saturated rings. The number of halogens is 2. The lowest BCUT2D eigenvalue weighted by molar-refractivity contribution is -0.131. The van der Waals surface area contributed by atoms with Gasteiger partial charge in [-0.25, -0.2) is 4.98 Å². The molecule has 6 nitrogen and oxygen atoms in total. The molecule has 0 radical (unpaired) electrons. The molecule has 0 atom stereocenters. The molecule has 0 bridgehead atoms. The first-order chi connectivity index (χ1) is 13.5. The lowest BCUT2D eigenvalue weighted by Crippen LogP contribution is -2.53. The van der Waals surface area contributed by atoms with Crippen molar-refractivity contribution in [2.75, 3.05) is 33.2 Å². The molecular formula is C20H27ClIN5OS. The van der Waals surface area contributed by atoms with Gasteiger partial charge in [-0.05, 0) is 31.5 Å². The van der Waals surface area contributed by atoms with Crippen LogP contribution in [0.25, 0.3) is 0 Å². The Bertz CT molecular complexity index is 845. The zero-order valence-corrected chi connectivity index (χ0v) is 20.8. The van der Waals surface area contributed by atoms with E-state index in [1.807, 2.05) is 36.1 Å². The van der Waals surface area contributed by atoms with Crippen molar-refractivity contribution in [3.8, 4) is 0 Å². The predicted octanol–water partition coefficient (Wildman–Crippen LogP) is 3.49. The summed E-state index contributed by atoms with van der Waals surface area (Å²) in [4.78, 5) is 26.9. The normalized spacial score (nSPS) is 14.6. The Morgan fingerprint density at radius 1 is 1.24 bits per heavy atom. The van der Waals surface area contributed by atoms with Gasteiger partial charge in [0, 0.05) is 43.1 Å². The van der Waals surface area contributed by atoms with Crippen molar-refractivity contribution in [2.24, 2.45) is 4.99 Å². The summed E-state index contributed by atoms with van der Waals surface area (Å²) in [5.74, 6) is 0.992. The summed E-state index contributed by atoms with van der Waals surface area (Å²) < 4.78 is 0. The Balaban J connectivity index is 0.00000300. The fourth-order valence-electron chi connectivity index (χ4n) is 3.20. The number of guanidine groups is 1. The molecule has 0 saturated carbocycles. The number of carbonyl (C=O) groups is 1. The SMILES string of the molecule is CN=C(NCc1nc(C)c(C)s1)N1CCN(C(=O)Cc2cccc(Cl)c2)CC1.I. The minimum absolute atomic E-state index is 0.